The summed E-state index contributed by atoms with van der Waals surface area (Å²) in [5.74, 6) is 0.0551. The SMILES string of the molecule is CCOC(=O)c1ccc(NC(=O)[C@@H](CC)Oc2ccccc2)c(C)c1. The summed E-state index contributed by atoms with van der Waals surface area (Å²) in [4.78, 5) is 24.3. The number of ether oxygens (including phenoxy) is 2. The van der Waals surface area contributed by atoms with Crippen LogP contribution in [0.2, 0.25) is 0 Å². The lowest BCUT2D eigenvalue weighted by Gasteiger charge is -2.18. The van der Waals surface area contributed by atoms with E-state index >= 15 is 0 Å². The van der Waals surface area contributed by atoms with Crippen LogP contribution in [-0.4, -0.2) is 24.6 Å². The number of anilines is 1. The van der Waals surface area contributed by atoms with Crippen LogP contribution in [0.3, 0.4) is 0 Å². The molecule has 0 bridgehead atoms. The Morgan fingerprint density at radius 2 is 1.80 bits per heavy atom. The van der Waals surface area contributed by atoms with Crippen LogP contribution in [-0.2, 0) is 9.53 Å². The topological polar surface area (TPSA) is 64.6 Å². The maximum absolute atomic E-state index is 12.5. The van der Waals surface area contributed by atoms with Gasteiger partial charge < -0.3 is 14.8 Å². The number of benzene rings is 2. The van der Waals surface area contributed by atoms with Crippen molar-refractivity contribution in [2.75, 3.05) is 11.9 Å². The first kappa shape index (κ1) is 18.5. The lowest BCUT2D eigenvalue weighted by Crippen LogP contribution is -2.32. The third-order valence-corrected chi connectivity index (χ3v) is 3.68. The molecule has 2 aromatic carbocycles. The van der Waals surface area contributed by atoms with Crippen molar-refractivity contribution in [1.82, 2.24) is 0 Å². The van der Waals surface area contributed by atoms with E-state index < -0.39 is 6.10 Å². The molecule has 0 aromatic heterocycles. The molecule has 1 atom stereocenters. The van der Waals surface area contributed by atoms with Gasteiger partial charge in [0.1, 0.15) is 5.75 Å². The number of rotatable bonds is 7. The summed E-state index contributed by atoms with van der Waals surface area (Å²) >= 11 is 0. The fourth-order valence-electron chi connectivity index (χ4n) is 2.34. The molecule has 0 unspecified atom stereocenters. The average molecular weight is 341 g/mol. The molecule has 132 valence electrons. The number of hydrogen-bond donors (Lipinski definition) is 1. The Hall–Kier alpha value is -2.82. The summed E-state index contributed by atoms with van der Waals surface area (Å²) in [5, 5.41) is 2.86. The minimum absolute atomic E-state index is 0.224. The van der Waals surface area contributed by atoms with Gasteiger partial charge in [0.25, 0.3) is 5.91 Å². The zero-order chi connectivity index (χ0) is 18.2. The van der Waals surface area contributed by atoms with E-state index in [0.29, 0.717) is 30.0 Å². The number of amides is 1. The van der Waals surface area contributed by atoms with E-state index in [0.717, 1.165) is 5.56 Å². The van der Waals surface area contributed by atoms with Gasteiger partial charge in [0.15, 0.2) is 6.10 Å². The molecule has 5 heteroatoms. The monoisotopic (exact) mass is 341 g/mol. The standard InChI is InChI=1S/C20H23NO4/c1-4-18(25-16-9-7-6-8-10-16)19(22)21-17-12-11-15(13-14(17)3)20(23)24-5-2/h6-13,18H,4-5H2,1-3H3,(H,21,22)/t18-/m1/s1. The number of carbonyl (C=O) groups excluding carboxylic acids is 2. The molecular weight excluding hydrogens is 318 g/mol. The van der Waals surface area contributed by atoms with Gasteiger partial charge in [-0.2, -0.15) is 0 Å². The molecule has 0 fully saturated rings. The summed E-state index contributed by atoms with van der Waals surface area (Å²) in [6, 6.07) is 14.3. The van der Waals surface area contributed by atoms with E-state index in [-0.39, 0.29) is 11.9 Å². The van der Waals surface area contributed by atoms with Crippen LogP contribution in [0.4, 0.5) is 5.69 Å². The molecule has 0 aliphatic heterocycles. The summed E-state index contributed by atoms with van der Waals surface area (Å²) in [6.07, 6.45) is -0.0488. The highest BCUT2D eigenvalue weighted by Crippen LogP contribution is 2.19. The third-order valence-electron chi connectivity index (χ3n) is 3.68. The quantitative estimate of drug-likeness (QED) is 0.774. The van der Waals surface area contributed by atoms with Crippen LogP contribution in [0.25, 0.3) is 0 Å². The highest BCUT2D eigenvalue weighted by Gasteiger charge is 2.19. The Balaban J connectivity index is 2.07. The van der Waals surface area contributed by atoms with Gasteiger partial charge in [-0.1, -0.05) is 25.1 Å². The first-order valence-corrected chi connectivity index (χ1v) is 8.35. The minimum atomic E-state index is -0.591. The molecular formula is C20H23NO4. The van der Waals surface area contributed by atoms with Crippen molar-refractivity contribution in [3.63, 3.8) is 0 Å². The number of carbonyl (C=O) groups is 2. The summed E-state index contributed by atoms with van der Waals surface area (Å²) in [5.41, 5.74) is 1.89. The van der Waals surface area contributed by atoms with Crippen LogP contribution in [0.15, 0.2) is 48.5 Å². The number of nitrogens with one attached hydrogen (secondary N) is 1. The first-order chi connectivity index (χ1) is 12.0. The molecule has 25 heavy (non-hydrogen) atoms. The number of para-hydroxylation sites is 1. The Kier molecular flexibility index (Phi) is 6.57. The summed E-state index contributed by atoms with van der Waals surface area (Å²) in [7, 11) is 0. The molecule has 5 nitrogen and oxygen atoms in total. The Labute approximate surface area is 148 Å². The van der Waals surface area contributed by atoms with Crippen molar-refractivity contribution < 1.29 is 19.1 Å². The van der Waals surface area contributed by atoms with Crippen molar-refractivity contribution in [3.8, 4) is 5.75 Å². The van der Waals surface area contributed by atoms with Crippen molar-refractivity contribution in [2.24, 2.45) is 0 Å². The molecule has 0 heterocycles. The van der Waals surface area contributed by atoms with Crippen LogP contribution >= 0.6 is 0 Å². The zero-order valence-corrected chi connectivity index (χ0v) is 14.7. The van der Waals surface area contributed by atoms with E-state index in [1.807, 2.05) is 44.2 Å². The second-order valence-electron chi connectivity index (χ2n) is 5.57. The van der Waals surface area contributed by atoms with Crippen LogP contribution < -0.4 is 10.1 Å². The molecule has 0 spiro atoms. The molecule has 0 saturated heterocycles. The largest absolute Gasteiger partial charge is 0.481 e. The van der Waals surface area contributed by atoms with Crippen molar-refractivity contribution in [3.05, 3.63) is 59.7 Å². The molecule has 1 N–H and O–H groups in total. The molecule has 0 aliphatic rings. The third kappa shape index (κ3) is 5.08. The maximum Gasteiger partial charge on any atom is 0.338 e. The van der Waals surface area contributed by atoms with Crippen molar-refractivity contribution in [1.29, 1.82) is 0 Å². The molecule has 0 aliphatic carbocycles. The zero-order valence-electron chi connectivity index (χ0n) is 14.7. The molecule has 1 amide bonds. The molecule has 0 saturated carbocycles. The van der Waals surface area contributed by atoms with E-state index in [9.17, 15) is 9.59 Å². The van der Waals surface area contributed by atoms with E-state index in [2.05, 4.69) is 5.32 Å². The van der Waals surface area contributed by atoms with Gasteiger partial charge in [-0.25, -0.2) is 4.79 Å². The van der Waals surface area contributed by atoms with Crippen LogP contribution in [0.1, 0.15) is 36.2 Å². The van der Waals surface area contributed by atoms with E-state index in [1.54, 1.807) is 25.1 Å². The van der Waals surface area contributed by atoms with Gasteiger partial charge in [-0.15, -0.1) is 0 Å². The van der Waals surface area contributed by atoms with Gasteiger partial charge in [-0.3, -0.25) is 4.79 Å². The van der Waals surface area contributed by atoms with Gasteiger partial charge in [0.05, 0.1) is 12.2 Å². The van der Waals surface area contributed by atoms with Gasteiger partial charge in [0, 0.05) is 5.69 Å². The summed E-state index contributed by atoms with van der Waals surface area (Å²) < 4.78 is 10.7. The fourth-order valence-corrected chi connectivity index (χ4v) is 2.34. The minimum Gasteiger partial charge on any atom is -0.481 e. The Morgan fingerprint density at radius 3 is 2.40 bits per heavy atom. The second-order valence-corrected chi connectivity index (χ2v) is 5.57. The number of esters is 1. The van der Waals surface area contributed by atoms with E-state index in [4.69, 9.17) is 9.47 Å². The van der Waals surface area contributed by atoms with Crippen LogP contribution in [0.5, 0.6) is 5.75 Å². The molecule has 2 rings (SSSR count). The van der Waals surface area contributed by atoms with Crippen LogP contribution in [0, 0.1) is 6.92 Å². The highest BCUT2D eigenvalue weighted by molar-refractivity contribution is 5.96. The lowest BCUT2D eigenvalue weighted by molar-refractivity contribution is -0.122. The van der Waals surface area contributed by atoms with E-state index in [1.165, 1.54) is 0 Å². The van der Waals surface area contributed by atoms with Gasteiger partial charge in [-0.05, 0) is 56.2 Å². The maximum atomic E-state index is 12.5. The van der Waals surface area contributed by atoms with Gasteiger partial charge in [0.2, 0.25) is 0 Å². The number of aryl methyl sites for hydroxylation is 1. The number of hydrogen-bond acceptors (Lipinski definition) is 4. The normalized spacial score (nSPS) is 11.5. The predicted octanol–water partition coefficient (Wildman–Crippen LogP) is 3.97. The second kappa shape index (κ2) is 8.87. The molecule has 2 aromatic rings. The molecule has 0 radical (unpaired) electrons. The predicted molar refractivity (Wildman–Crippen MR) is 96.9 cm³/mol. The van der Waals surface area contributed by atoms with Crippen molar-refractivity contribution in [2.45, 2.75) is 33.3 Å². The summed E-state index contributed by atoms with van der Waals surface area (Å²) in [6.45, 7) is 5.81. The van der Waals surface area contributed by atoms with Crippen molar-refractivity contribution >= 4 is 17.6 Å². The smallest absolute Gasteiger partial charge is 0.338 e. The first-order valence-electron chi connectivity index (χ1n) is 8.35. The Morgan fingerprint density at radius 1 is 1.08 bits per heavy atom. The highest BCUT2D eigenvalue weighted by atomic mass is 16.5. The average Bonchev–Trinajstić information content (AvgIpc) is 2.62. The lowest BCUT2D eigenvalue weighted by atomic mass is 10.1. The van der Waals surface area contributed by atoms with Gasteiger partial charge >= 0.3 is 5.97 Å². The Bertz CT molecular complexity index is 728. The fraction of sp³-hybridized carbons (Fsp3) is 0.300.